The van der Waals surface area contributed by atoms with E-state index in [-0.39, 0.29) is 0 Å². The molecule has 0 saturated carbocycles. The quantitative estimate of drug-likeness (QED) is 0.769. The van der Waals surface area contributed by atoms with E-state index in [0.29, 0.717) is 24.5 Å². The topological polar surface area (TPSA) is 82.5 Å². The maximum atomic E-state index is 13.5. The molecule has 7 heteroatoms. The summed E-state index contributed by atoms with van der Waals surface area (Å²) in [6, 6.07) is 1.56. The molecule has 6 nitrogen and oxygen atoms in total. The number of aryl methyl sites for hydroxylation is 1. The van der Waals surface area contributed by atoms with Gasteiger partial charge in [-0.15, -0.1) is 5.10 Å². The Morgan fingerprint density at radius 1 is 1.35 bits per heavy atom. The third kappa shape index (κ3) is 2.62. The average molecular weight is 236 g/mol. The number of hydrogen-bond donors (Lipinski definition) is 1. The number of pyridine rings is 1. The van der Waals surface area contributed by atoms with Crippen LogP contribution in [0.3, 0.4) is 0 Å². The SMILES string of the molecule is NCCCCn1nnnc1-c1ccncc1F. The van der Waals surface area contributed by atoms with Gasteiger partial charge in [0.2, 0.25) is 0 Å². The second-order valence-corrected chi connectivity index (χ2v) is 3.58. The molecule has 0 saturated heterocycles. The number of halogens is 1. The fourth-order valence-electron chi connectivity index (χ4n) is 1.51. The molecule has 0 atom stereocenters. The Morgan fingerprint density at radius 2 is 2.24 bits per heavy atom. The third-order valence-corrected chi connectivity index (χ3v) is 2.37. The van der Waals surface area contributed by atoms with E-state index in [4.69, 9.17) is 5.73 Å². The molecule has 2 aromatic heterocycles. The van der Waals surface area contributed by atoms with Crippen LogP contribution in [0.4, 0.5) is 4.39 Å². The van der Waals surface area contributed by atoms with Crippen LogP contribution >= 0.6 is 0 Å². The second-order valence-electron chi connectivity index (χ2n) is 3.58. The predicted molar refractivity (Wildman–Crippen MR) is 59.3 cm³/mol. The molecule has 0 bridgehead atoms. The van der Waals surface area contributed by atoms with E-state index < -0.39 is 5.82 Å². The predicted octanol–water partition coefficient (Wildman–Crippen LogP) is 0.613. The first kappa shape index (κ1) is 11.6. The van der Waals surface area contributed by atoms with Gasteiger partial charge in [-0.25, -0.2) is 9.07 Å². The fraction of sp³-hybridized carbons (Fsp3) is 0.400. The largest absolute Gasteiger partial charge is 0.330 e. The molecule has 0 amide bonds. The van der Waals surface area contributed by atoms with E-state index in [1.54, 1.807) is 10.7 Å². The summed E-state index contributed by atoms with van der Waals surface area (Å²) in [7, 11) is 0. The smallest absolute Gasteiger partial charge is 0.185 e. The van der Waals surface area contributed by atoms with Gasteiger partial charge >= 0.3 is 0 Å². The molecule has 2 aromatic rings. The molecule has 0 spiro atoms. The second kappa shape index (κ2) is 5.44. The van der Waals surface area contributed by atoms with E-state index >= 15 is 0 Å². The van der Waals surface area contributed by atoms with Gasteiger partial charge in [0.1, 0.15) is 0 Å². The lowest BCUT2D eigenvalue weighted by Gasteiger charge is -2.04. The van der Waals surface area contributed by atoms with E-state index in [1.807, 2.05) is 0 Å². The summed E-state index contributed by atoms with van der Waals surface area (Å²) in [5, 5.41) is 11.2. The van der Waals surface area contributed by atoms with Crippen molar-refractivity contribution in [3.8, 4) is 11.4 Å². The van der Waals surface area contributed by atoms with Crippen molar-refractivity contribution in [2.24, 2.45) is 5.73 Å². The maximum Gasteiger partial charge on any atom is 0.185 e. The van der Waals surface area contributed by atoms with Crippen LogP contribution in [0.2, 0.25) is 0 Å². The van der Waals surface area contributed by atoms with Crippen molar-refractivity contribution < 1.29 is 4.39 Å². The Bertz CT molecular complexity index is 483. The van der Waals surface area contributed by atoms with Crippen LogP contribution < -0.4 is 5.73 Å². The Labute approximate surface area is 97.7 Å². The molecule has 0 aliphatic carbocycles. The fourth-order valence-corrected chi connectivity index (χ4v) is 1.51. The lowest BCUT2D eigenvalue weighted by Crippen LogP contribution is -2.06. The minimum Gasteiger partial charge on any atom is -0.330 e. The Hall–Kier alpha value is -1.89. The minimum absolute atomic E-state index is 0.359. The highest BCUT2D eigenvalue weighted by molar-refractivity contribution is 5.54. The highest BCUT2D eigenvalue weighted by Crippen LogP contribution is 2.18. The van der Waals surface area contributed by atoms with Crippen molar-refractivity contribution in [3.05, 3.63) is 24.3 Å². The molecule has 0 aliphatic rings. The Morgan fingerprint density at radius 3 is 3.00 bits per heavy atom. The van der Waals surface area contributed by atoms with Gasteiger partial charge in [0.25, 0.3) is 0 Å². The van der Waals surface area contributed by atoms with Gasteiger partial charge in [-0.1, -0.05) is 0 Å². The molecule has 0 aliphatic heterocycles. The van der Waals surface area contributed by atoms with Crippen molar-refractivity contribution >= 4 is 0 Å². The van der Waals surface area contributed by atoms with E-state index in [2.05, 4.69) is 20.5 Å². The molecule has 17 heavy (non-hydrogen) atoms. The lowest BCUT2D eigenvalue weighted by molar-refractivity contribution is 0.545. The summed E-state index contributed by atoms with van der Waals surface area (Å²) in [5.74, 6) is -0.00991. The standard InChI is InChI=1S/C10H13FN6/c11-9-7-13-5-3-8(9)10-14-15-16-17(10)6-2-1-4-12/h3,5,7H,1-2,4,6,12H2. The monoisotopic (exact) mass is 236 g/mol. The molecular formula is C10H13FN6. The molecule has 0 radical (unpaired) electrons. The van der Waals surface area contributed by atoms with E-state index in [9.17, 15) is 4.39 Å². The first-order valence-corrected chi connectivity index (χ1v) is 5.39. The van der Waals surface area contributed by atoms with Crippen LogP contribution in [-0.4, -0.2) is 31.7 Å². The molecule has 0 fully saturated rings. The first-order chi connectivity index (χ1) is 8.33. The first-order valence-electron chi connectivity index (χ1n) is 5.39. The van der Waals surface area contributed by atoms with Gasteiger partial charge in [0.05, 0.1) is 11.8 Å². The Kier molecular flexibility index (Phi) is 3.71. The van der Waals surface area contributed by atoms with Crippen LogP contribution in [0.25, 0.3) is 11.4 Å². The summed E-state index contributed by atoms with van der Waals surface area (Å²) in [5.41, 5.74) is 5.77. The number of rotatable bonds is 5. The summed E-state index contributed by atoms with van der Waals surface area (Å²) < 4.78 is 15.1. The van der Waals surface area contributed by atoms with Gasteiger partial charge < -0.3 is 5.73 Å². The molecule has 2 rings (SSSR count). The van der Waals surface area contributed by atoms with Crippen LogP contribution in [0.1, 0.15) is 12.8 Å². The normalized spacial score (nSPS) is 10.7. The van der Waals surface area contributed by atoms with Crippen LogP contribution in [0, 0.1) is 5.82 Å². The van der Waals surface area contributed by atoms with Crippen molar-refractivity contribution in [3.63, 3.8) is 0 Å². The molecule has 0 unspecified atom stereocenters. The summed E-state index contributed by atoms with van der Waals surface area (Å²) in [6.07, 6.45) is 4.41. The van der Waals surface area contributed by atoms with Gasteiger partial charge in [-0.05, 0) is 35.9 Å². The van der Waals surface area contributed by atoms with Gasteiger partial charge in [0.15, 0.2) is 11.6 Å². The number of tetrazole rings is 1. The van der Waals surface area contributed by atoms with Crippen LogP contribution in [0.15, 0.2) is 18.5 Å². The average Bonchev–Trinajstić information content (AvgIpc) is 2.78. The van der Waals surface area contributed by atoms with E-state index in [1.165, 1.54) is 6.20 Å². The van der Waals surface area contributed by atoms with Gasteiger partial charge in [0, 0.05) is 12.7 Å². The van der Waals surface area contributed by atoms with Crippen LogP contribution in [0.5, 0.6) is 0 Å². The zero-order valence-corrected chi connectivity index (χ0v) is 9.25. The zero-order chi connectivity index (χ0) is 12.1. The number of unbranched alkanes of at least 4 members (excludes halogenated alkanes) is 1. The van der Waals surface area contributed by atoms with Gasteiger partial charge in [-0.2, -0.15) is 0 Å². The molecular weight excluding hydrogens is 223 g/mol. The molecule has 0 aromatic carbocycles. The third-order valence-electron chi connectivity index (χ3n) is 2.37. The minimum atomic E-state index is -0.428. The molecule has 2 N–H and O–H groups in total. The summed E-state index contributed by atoms with van der Waals surface area (Å²) in [4.78, 5) is 3.69. The molecule has 90 valence electrons. The number of hydrogen-bond acceptors (Lipinski definition) is 5. The maximum absolute atomic E-state index is 13.5. The van der Waals surface area contributed by atoms with Crippen LogP contribution in [-0.2, 0) is 6.54 Å². The molecule has 2 heterocycles. The number of nitrogens with two attached hydrogens (primary N) is 1. The number of aromatic nitrogens is 5. The summed E-state index contributed by atoms with van der Waals surface area (Å²) >= 11 is 0. The lowest BCUT2D eigenvalue weighted by atomic mass is 10.2. The highest BCUT2D eigenvalue weighted by atomic mass is 19.1. The van der Waals surface area contributed by atoms with Crippen molar-refractivity contribution in [2.45, 2.75) is 19.4 Å². The summed E-state index contributed by atoms with van der Waals surface area (Å²) in [6.45, 7) is 1.25. The Balaban J connectivity index is 2.22. The van der Waals surface area contributed by atoms with Crippen molar-refractivity contribution in [2.75, 3.05) is 6.54 Å². The highest BCUT2D eigenvalue weighted by Gasteiger charge is 2.12. The van der Waals surface area contributed by atoms with Gasteiger partial charge in [-0.3, -0.25) is 4.98 Å². The van der Waals surface area contributed by atoms with E-state index in [0.717, 1.165) is 19.0 Å². The number of nitrogens with zero attached hydrogens (tertiary/aromatic N) is 5. The van der Waals surface area contributed by atoms with Crippen molar-refractivity contribution in [1.82, 2.24) is 25.2 Å². The zero-order valence-electron chi connectivity index (χ0n) is 9.25. The van der Waals surface area contributed by atoms with Crippen molar-refractivity contribution in [1.29, 1.82) is 0 Å².